The molecule has 1 heterocycles. The van der Waals surface area contributed by atoms with E-state index in [1.165, 1.54) is 38.8 Å². The molecule has 1 aliphatic carbocycles. The molecule has 1 aromatic rings. The van der Waals surface area contributed by atoms with Crippen LogP contribution in [0.2, 0.25) is 0 Å². The van der Waals surface area contributed by atoms with E-state index in [4.69, 9.17) is 0 Å². The first-order valence-electron chi connectivity index (χ1n) is 5.90. The number of rotatable bonds is 4. The minimum Gasteiger partial charge on any atom is -0.309 e. The van der Waals surface area contributed by atoms with Crippen molar-refractivity contribution in [1.29, 1.82) is 0 Å². The Morgan fingerprint density at radius 1 is 1.44 bits per heavy atom. The van der Waals surface area contributed by atoms with Crippen LogP contribution in [0.3, 0.4) is 0 Å². The van der Waals surface area contributed by atoms with E-state index in [0.717, 1.165) is 12.5 Å². The molecule has 0 radical (unpaired) electrons. The normalized spacial score (nSPS) is 19.2. The zero-order chi connectivity index (χ0) is 11.5. The average molecular weight is 367 g/mol. The van der Waals surface area contributed by atoms with E-state index in [2.05, 4.69) is 50.2 Å². The van der Waals surface area contributed by atoms with Crippen molar-refractivity contribution in [2.24, 2.45) is 5.92 Å². The van der Waals surface area contributed by atoms with Gasteiger partial charge in [-0.3, -0.25) is 0 Å². The van der Waals surface area contributed by atoms with E-state index >= 15 is 0 Å². The molecule has 1 N–H and O–H groups in total. The summed E-state index contributed by atoms with van der Waals surface area (Å²) in [5.74, 6) is 0.831. The molecule has 1 fully saturated rings. The van der Waals surface area contributed by atoms with Gasteiger partial charge in [-0.25, -0.2) is 0 Å². The summed E-state index contributed by atoms with van der Waals surface area (Å²) in [6.45, 7) is 3.24. The van der Waals surface area contributed by atoms with E-state index in [1.54, 1.807) is 0 Å². The van der Waals surface area contributed by atoms with Crippen LogP contribution in [0, 0.1) is 5.92 Å². The maximum atomic E-state index is 3.65. The third-order valence-electron chi connectivity index (χ3n) is 3.27. The lowest BCUT2D eigenvalue weighted by Gasteiger charge is -2.23. The molecule has 90 valence electrons. The molecule has 1 unspecified atom stereocenters. The molecule has 0 spiro atoms. The summed E-state index contributed by atoms with van der Waals surface area (Å²) in [5.41, 5.74) is 0. The minimum atomic E-state index is 0.556. The summed E-state index contributed by atoms with van der Waals surface area (Å²) in [5, 5.41) is 3.65. The second-order valence-corrected chi connectivity index (χ2v) is 7.61. The van der Waals surface area contributed by atoms with Crippen LogP contribution in [0.4, 0.5) is 0 Å². The molecule has 0 aliphatic heterocycles. The highest BCUT2D eigenvalue weighted by atomic mass is 79.9. The molecular formula is C12H17Br2NS. The number of thiophene rings is 1. The predicted octanol–water partition coefficient (Wildman–Crippen LogP) is 5.11. The van der Waals surface area contributed by atoms with Gasteiger partial charge in [0.25, 0.3) is 0 Å². The summed E-state index contributed by atoms with van der Waals surface area (Å²) < 4.78 is 2.40. The van der Waals surface area contributed by atoms with Crippen LogP contribution in [0.1, 0.15) is 43.5 Å². The van der Waals surface area contributed by atoms with Crippen molar-refractivity contribution in [3.8, 4) is 0 Å². The van der Waals surface area contributed by atoms with Gasteiger partial charge in [-0.1, -0.05) is 19.8 Å². The van der Waals surface area contributed by atoms with Crippen LogP contribution in [-0.2, 0) is 0 Å². The van der Waals surface area contributed by atoms with Gasteiger partial charge in [0, 0.05) is 15.4 Å². The quantitative estimate of drug-likeness (QED) is 0.780. The first kappa shape index (κ1) is 13.1. The highest BCUT2D eigenvalue weighted by Gasteiger charge is 2.27. The zero-order valence-corrected chi connectivity index (χ0v) is 13.4. The topological polar surface area (TPSA) is 12.0 Å². The monoisotopic (exact) mass is 365 g/mol. The maximum Gasteiger partial charge on any atom is 0.0843 e. The van der Waals surface area contributed by atoms with E-state index in [-0.39, 0.29) is 0 Å². The molecule has 2 rings (SSSR count). The van der Waals surface area contributed by atoms with Gasteiger partial charge in [-0.2, -0.15) is 0 Å². The number of hydrogen-bond donors (Lipinski definition) is 1. The lowest BCUT2D eigenvalue weighted by atomic mass is 9.97. The highest BCUT2D eigenvalue weighted by Crippen LogP contribution is 2.42. The summed E-state index contributed by atoms with van der Waals surface area (Å²) in [7, 11) is 0. The van der Waals surface area contributed by atoms with Crippen LogP contribution < -0.4 is 5.32 Å². The Morgan fingerprint density at radius 3 is 2.62 bits per heavy atom. The van der Waals surface area contributed by atoms with E-state index in [1.807, 2.05) is 11.3 Å². The van der Waals surface area contributed by atoms with Crippen molar-refractivity contribution in [2.45, 2.75) is 38.6 Å². The van der Waals surface area contributed by atoms with Crippen molar-refractivity contribution in [3.05, 3.63) is 19.2 Å². The Kier molecular flexibility index (Phi) is 4.89. The Labute approximate surface area is 118 Å². The molecule has 1 atom stereocenters. The molecule has 1 saturated carbocycles. The highest BCUT2D eigenvalue weighted by molar-refractivity contribution is 9.13. The van der Waals surface area contributed by atoms with Gasteiger partial charge in [-0.15, -0.1) is 11.3 Å². The summed E-state index contributed by atoms with van der Waals surface area (Å²) in [4.78, 5) is 1.47. The third kappa shape index (κ3) is 2.89. The van der Waals surface area contributed by atoms with Crippen molar-refractivity contribution < 1.29 is 0 Å². The Balaban J connectivity index is 2.17. The Bertz CT molecular complexity index is 325. The first-order chi connectivity index (χ1) is 7.72. The lowest BCUT2D eigenvalue weighted by molar-refractivity contribution is 0.379. The molecule has 4 heteroatoms. The average Bonchev–Trinajstić information content (AvgIpc) is 2.86. The molecule has 0 bridgehead atoms. The van der Waals surface area contributed by atoms with Crippen LogP contribution in [0.15, 0.2) is 14.3 Å². The molecule has 0 aromatic carbocycles. The maximum absolute atomic E-state index is 3.65. The molecule has 0 amide bonds. The molecule has 1 nitrogen and oxygen atoms in total. The van der Waals surface area contributed by atoms with Crippen molar-refractivity contribution >= 4 is 43.2 Å². The number of hydrogen-bond acceptors (Lipinski definition) is 2. The molecule has 1 aromatic heterocycles. The van der Waals surface area contributed by atoms with Gasteiger partial charge in [0.15, 0.2) is 0 Å². The lowest BCUT2D eigenvalue weighted by Crippen LogP contribution is -2.26. The van der Waals surface area contributed by atoms with Gasteiger partial charge in [0.2, 0.25) is 0 Å². The van der Waals surface area contributed by atoms with E-state index < -0.39 is 0 Å². The van der Waals surface area contributed by atoms with Gasteiger partial charge < -0.3 is 5.32 Å². The van der Waals surface area contributed by atoms with Gasteiger partial charge >= 0.3 is 0 Å². The second kappa shape index (κ2) is 5.98. The van der Waals surface area contributed by atoms with Crippen LogP contribution >= 0.6 is 43.2 Å². The Hall–Kier alpha value is 0.620. The summed E-state index contributed by atoms with van der Waals surface area (Å²) >= 11 is 9.02. The van der Waals surface area contributed by atoms with Crippen molar-refractivity contribution in [2.75, 3.05) is 6.54 Å². The van der Waals surface area contributed by atoms with Crippen molar-refractivity contribution in [3.63, 3.8) is 0 Å². The van der Waals surface area contributed by atoms with Crippen LogP contribution in [0.25, 0.3) is 0 Å². The summed E-state index contributed by atoms with van der Waals surface area (Å²) in [6, 6.07) is 2.82. The molecule has 1 aliphatic rings. The SMILES string of the molecule is CCNC(c1cc(Br)c(Br)s1)C1CCCC1. The van der Waals surface area contributed by atoms with E-state index in [9.17, 15) is 0 Å². The van der Waals surface area contributed by atoms with Crippen LogP contribution in [0.5, 0.6) is 0 Å². The Morgan fingerprint density at radius 2 is 2.12 bits per heavy atom. The fourth-order valence-electron chi connectivity index (χ4n) is 2.53. The number of halogens is 2. The van der Waals surface area contributed by atoms with Gasteiger partial charge in [-0.05, 0) is 63.2 Å². The second-order valence-electron chi connectivity index (χ2n) is 4.35. The largest absolute Gasteiger partial charge is 0.309 e. The van der Waals surface area contributed by atoms with E-state index in [0.29, 0.717) is 6.04 Å². The standard InChI is InChI=1S/C12H17Br2NS/c1-2-15-11(8-5-3-4-6-8)10-7-9(13)12(14)16-10/h7-8,11,15H,2-6H2,1H3. The molecular weight excluding hydrogens is 350 g/mol. The van der Waals surface area contributed by atoms with Crippen LogP contribution in [-0.4, -0.2) is 6.54 Å². The van der Waals surface area contributed by atoms with Crippen molar-refractivity contribution in [1.82, 2.24) is 5.32 Å². The predicted molar refractivity (Wildman–Crippen MR) is 78.1 cm³/mol. The van der Waals surface area contributed by atoms with Gasteiger partial charge in [0.05, 0.1) is 3.79 Å². The fourth-order valence-corrected chi connectivity index (χ4v) is 4.79. The fraction of sp³-hybridized carbons (Fsp3) is 0.667. The molecule has 16 heavy (non-hydrogen) atoms. The smallest absolute Gasteiger partial charge is 0.0843 e. The third-order valence-corrected chi connectivity index (χ3v) is 6.61. The summed E-state index contributed by atoms with van der Waals surface area (Å²) in [6.07, 6.45) is 5.57. The zero-order valence-electron chi connectivity index (χ0n) is 9.43. The molecule has 0 saturated heterocycles. The van der Waals surface area contributed by atoms with Gasteiger partial charge in [0.1, 0.15) is 0 Å². The minimum absolute atomic E-state index is 0.556. The number of nitrogens with one attached hydrogen (secondary N) is 1. The first-order valence-corrected chi connectivity index (χ1v) is 8.30.